The van der Waals surface area contributed by atoms with Crippen LogP contribution in [0.5, 0.6) is 0 Å². The van der Waals surface area contributed by atoms with E-state index >= 15 is 0 Å². The van der Waals surface area contributed by atoms with E-state index in [1.54, 1.807) is 18.2 Å². The van der Waals surface area contributed by atoms with Gasteiger partial charge in [0.2, 0.25) is 0 Å². The van der Waals surface area contributed by atoms with E-state index in [4.69, 9.17) is 19.7 Å². The van der Waals surface area contributed by atoms with Crippen LogP contribution in [0.3, 0.4) is 0 Å². The Morgan fingerprint density at radius 2 is 1.34 bits per heavy atom. The first-order valence-corrected chi connectivity index (χ1v) is 9.89. The summed E-state index contributed by atoms with van der Waals surface area (Å²) >= 11 is 0. The molecule has 4 aromatic rings. The van der Waals surface area contributed by atoms with Gasteiger partial charge in [-0.05, 0) is 43.5 Å². The van der Waals surface area contributed by atoms with Crippen molar-refractivity contribution >= 4 is 17.1 Å². The number of rotatable bonds is 3. The number of aryl methyl sites for hydroxylation is 1. The van der Waals surface area contributed by atoms with Gasteiger partial charge in [-0.25, -0.2) is 14.5 Å². The summed E-state index contributed by atoms with van der Waals surface area (Å²) in [4.78, 5) is 10.9. The second-order valence-corrected chi connectivity index (χ2v) is 7.40. The summed E-state index contributed by atoms with van der Waals surface area (Å²) in [6.45, 7) is 28.4. The van der Waals surface area contributed by atoms with Gasteiger partial charge in [0.05, 0.1) is 19.7 Å². The molecule has 0 unspecified atom stereocenters. The van der Waals surface area contributed by atoms with Crippen LogP contribution in [-0.4, -0.2) is 14.8 Å². The Bertz CT molecular complexity index is 1440. The van der Waals surface area contributed by atoms with E-state index in [-0.39, 0.29) is 0 Å². The number of hydrogen-bond donors (Lipinski definition) is 0. The van der Waals surface area contributed by atoms with Gasteiger partial charge in [0.1, 0.15) is 0 Å². The van der Waals surface area contributed by atoms with Gasteiger partial charge >= 0.3 is 0 Å². The zero-order valence-electron chi connectivity index (χ0n) is 17.9. The Balaban J connectivity index is 2.16. The SMILES string of the molecule is [C-]#[N+]c1ccc(C)c(-c2nnc(-c3ccccc3)n2-c2c(C)c([N+]#[C-])cc([N+]#[C-])c2C)c1. The Labute approximate surface area is 186 Å². The predicted molar refractivity (Wildman–Crippen MR) is 125 cm³/mol. The lowest BCUT2D eigenvalue weighted by molar-refractivity contribution is 1.04. The molecule has 0 N–H and O–H groups in total. The van der Waals surface area contributed by atoms with E-state index in [0.29, 0.717) is 28.7 Å². The van der Waals surface area contributed by atoms with Crippen molar-refractivity contribution in [2.24, 2.45) is 0 Å². The van der Waals surface area contributed by atoms with Crippen molar-refractivity contribution < 1.29 is 0 Å². The van der Waals surface area contributed by atoms with E-state index in [1.807, 2.05) is 61.7 Å². The fourth-order valence-corrected chi connectivity index (χ4v) is 3.80. The molecule has 0 saturated carbocycles. The molecular weight excluding hydrogens is 396 g/mol. The van der Waals surface area contributed by atoms with Crippen LogP contribution >= 0.6 is 0 Å². The van der Waals surface area contributed by atoms with E-state index < -0.39 is 0 Å². The molecule has 1 aromatic heterocycles. The third-order valence-electron chi connectivity index (χ3n) is 5.50. The van der Waals surface area contributed by atoms with Crippen molar-refractivity contribution in [3.8, 4) is 28.5 Å². The van der Waals surface area contributed by atoms with E-state index in [9.17, 15) is 0 Å². The van der Waals surface area contributed by atoms with Crippen LogP contribution in [0.4, 0.5) is 17.1 Å². The molecule has 0 amide bonds. The van der Waals surface area contributed by atoms with Crippen molar-refractivity contribution in [1.82, 2.24) is 14.8 Å². The van der Waals surface area contributed by atoms with Crippen LogP contribution in [-0.2, 0) is 0 Å². The standard InChI is InChI=1S/C26H18N6/c1-16-12-13-20(27-4)14-21(16)26-31-30-25(19-10-8-7-9-11-19)32(26)24-17(2)22(28-5)15-23(29-6)18(24)3/h7-15H,1-3H3. The highest BCUT2D eigenvalue weighted by Crippen LogP contribution is 2.40. The molecule has 152 valence electrons. The largest absolute Gasteiger partial charge is 0.277 e. The summed E-state index contributed by atoms with van der Waals surface area (Å²) in [5.74, 6) is 1.17. The van der Waals surface area contributed by atoms with E-state index in [0.717, 1.165) is 33.5 Å². The summed E-state index contributed by atoms with van der Waals surface area (Å²) in [5.41, 5.74) is 6.16. The Hall–Kier alpha value is -4.73. The van der Waals surface area contributed by atoms with Crippen LogP contribution in [0.15, 0.2) is 54.6 Å². The lowest BCUT2D eigenvalue weighted by Crippen LogP contribution is -2.06. The molecule has 3 aromatic carbocycles. The summed E-state index contributed by atoms with van der Waals surface area (Å²) in [6, 6.07) is 16.8. The molecule has 0 atom stereocenters. The quantitative estimate of drug-likeness (QED) is 0.333. The van der Waals surface area contributed by atoms with Crippen molar-refractivity contribution in [2.45, 2.75) is 20.8 Å². The second kappa shape index (κ2) is 8.19. The molecule has 4 rings (SSSR count). The highest BCUT2D eigenvalue weighted by Gasteiger charge is 2.23. The maximum absolute atomic E-state index is 7.62. The minimum atomic E-state index is 0.418. The normalized spacial score (nSPS) is 10.2. The van der Waals surface area contributed by atoms with Crippen molar-refractivity contribution in [3.63, 3.8) is 0 Å². The topological polar surface area (TPSA) is 43.8 Å². The fraction of sp³-hybridized carbons (Fsp3) is 0.115. The summed E-state index contributed by atoms with van der Waals surface area (Å²) in [6.07, 6.45) is 0. The summed E-state index contributed by atoms with van der Waals surface area (Å²) in [5, 5.41) is 9.03. The molecule has 6 heteroatoms. The van der Waals surface area contributed by atoms with Gasteiger partial charge in [-0.3, -0.25) is 4.57 Å². The van der Waals surface area contributed by atoms with Gasteiger partial charge < -0.3 is 0 Å². The zero-order chi connectivity index (χ0) is 22.8. The highest BCUT2D eigenvalue weighted by molar-refractivity contribution is 5.79. The first kappa shape index (κ1) is 20.5. The summed E-state index contributed by atoms with van der Waals surface area (Å²) in [7, 11) is 0. The Kier molecular flexibility index (Phi) is 5.25. The maximum atomic E-state index is 7.62. The molecule has 0 aliphatic carbocycles. The lowest BCUT2D eigenvalue weighted by Gasteiger charge is -2.19. The van der Waals surface area contributed by atoms with Gasteiger partial charge in [0.15, 0.2) is 28.7 Å². The Morgan fingerprint density at radius 3 is 1.94 bits per heavy atom. The predicted octanol–water partition coefficient (Wildman–Crippen LogP) is 7.18. The van der Waals surface area contributed by atoms with Crippen LogP contribution in [0.2, 0.25) is 0 Å². The number of hydrogen-bond acceptors (Lipinski definition) is 2. The van der Waals surface area contributed by atoms with Gasteiger partial charge in [0.25, 0.3) is 0 Å². The first-order chi connectivity index (χ1) is 15.5. The van der Waals surface area contributed by atoms with Crippen molar-refractivity contribution in [3.05, 3.63) is 106 Å². The number of nitrogens with zero attached hydrogens (tertiary/aromatic N) is 6. The third kappa shape index (κ3) is 3.29. The molecule has 0 aliphatic rings. The monoisotopic (exact) mass is 414 g/mol. The maximum Gasteiger partial charge on any atom is 0.187 e. The molecule has 1 heterocycles. The van der Waals surface area contributed by atoms with Crippen LogP contribution in [0.25, 0.3) is 43.0 Å². The molecule has 0 spiro atoms. The third-order valence-corrected chi connectivity index (χ3v) is 5.50. The number of aromatic nitrogens is 3. The number of benzene rings is 3. The fourth-order valence-electron chi connectivity index (χ4n) is 3.80. The average molecular weight is 414 g/mol. The lowest BCUT2D eigenvalue weighted by atomic mass is 10.0. The second-order valence-electron chi connectivity index (χ2n) is 7.40. The van der Waals surface area contributed by atoms with Gasteiger partial charge in [-0.1, -0.05) is 48.5 Å². The summed E-state index contributed by atoms with van der Waals surface area (Å²) < 4.78 is 1.92. The Morgan fingerprint density at radius 1 is 0.719 bits per heavy atom. The molecule has 0 radical (unpaired) electrons. The van der Waals surface area contributed by atoms with Crippen LogP contribution in [0.1, 0.15) is 16.7 Å². The smallest absolute Gasteiger partial charge is 0.187 e. The molecule has 0 aliphatic heterocycles. The zero-order valence-corrected chi connectivity index (χ0v) is 17.9. The van der Waals surface area contributed by atoms with Crippen LogP contribution < -0.4 is 0 Å². The average Bonchev–Trinajstić information content (AvgIpc) is 3.25. The van der Waals surface area contributed by atoms with Gasteiger partial charge in [-0.15, -0.1) is 10.2 Å². The van der Waals surface area contributed by atoms with Gasteiger partial charge in [-0.2, -0.15) is 0 Å². The molecule has 0 fully saturated rings. The van der Waals surface area contributed by atoms with Crippen LogP contribution in [0, 0.1) is 40.5 Å². The minimum absolute atomic E-state index is 0.418. The molecular formula is C26H18N6. The van der Waals surface area contributed by atoms with E-state index in [1.165, 1.54) is 0 Å². The minimum Gasteiger partial charge on any atom is -0.277 e. The molecule has 6 nitrogen and oxygen atoms in total. The van der Waals surface area contributed by atoms with Crippen molar-refractivity contribution in [2.75, 3.05) is 0 Å². The molecule has 0 bridgehead atoms. The van der Waals surface area contributed by atoms with Gasteiger partial charge in [0, 0.05) is 16.8 Å². The van der Waals surface area contributed by atoms with E-state index in [2.05, 4.69) is 24.7 Å². The van der Waals surface area contributed by atoms with Crippen molar-refractivity contribution in [1.29, 1.82) is 0 Å². The molecule has 32 heavy (non-hydrogen) atoms. The highest BCUT2D eigenvalue weighted by atomic mass is 15.3. The first-order valence-electron chi connectivity index (χ1n) is 9.89. The molecule has 0 saturated heterocycles.